The Morgan fingerprint density at radius 3 is 2.38 bits per heavy atom. The second kappa shape index (κ2) is 11.2. The summed E-state index contributed by atoms with van der Waals surface area (Å²) in [7, 11) is -3.98. The molecular formula is C19H26Cl2N2O5S. The number of halogens is 2. The fourth-order valence-electron chi connectivity index (χ4n) is 3.43. The lowest BCUT2D eigenvalue weighted by molar-refractivity contribution is -0.153. The molecule has 0 unspecified atom stereocenters. The van der Waals surface area contributed by atoms with Gasteiger partial charge in [-0.2, -0.15) is 0 Å². The number of rotatable bonds is 9. The van der Waals surface area contributed by atoms with Crippen LogP contribution in [0.15, 0.2) is 23.1 Å². The molecule has 1 N–H and O–H groups in total. The number of amides is 1. The van der Waals surface area contributed by atoms with Crippen LogP contribution in [-0.2, 0) is 24.3 Å². The highest BCUT2D eigenvalue weighted by atomic mass is 35.5. The molecule has 10 heteroatoms. The molecule has 1 aromatic carbocycles. The average Bonchev–Trinajstić information content (AvgIpc) is 2.67. The zero-order valence-corrected chi connectivity index (χ0v) is 18.7. The van der Waals surface area contributed by atoms with Gasteiger partial charge in [0.2, 0.25) is 10.0 Å². The Balaban J connectivity index is 1.80. The Kier molecular flexibility index (Phi) is 9.20. The van der Waals surface area contributed by atoms with Crippen molar-refractivity contribution < 1.29 is 22.7 Å². The third-order valence-electron chi connectivity index (χ3n) is 4.84. The standard InChI is InChI=1S/C19H26Cl2N2O5S/c1-2-23(14-7-4-3-5-8-14)17(24)13-28-18(25)11-12-22-29(26,27)19-15(20)9-6-10-16(19)21/h6,9-10,14,22H,2-5,7-8,11-13H2,1H3. The van der Waals surface area contributed by atoms with Crippen molar-refractivity contribution in [3.05, 3.63) is 28.2 Å². The zero-order valence-electron chi connectivity index (χ0n) is 16.3. The van der Waals surface area contributed by atoms with E-state index in [1.165, 1.54) is 24.6 Å². The third kappa shape index (κ3) is 6.84. The Bertz CT molecular complexity index is 806. The first-order chi connectivity index (χ1) is 13.8. The maximum atomic E-state index is 12.4. The third-order valence-corrected chi connectivity index (χ3v) is 7.26. The van der Waals surface area contributed by atoms with Gasteiger partial charge in [-0.1, -0.05) is 48.5 Å². The number of carbonyl (C=O) groups is 2. The summed E-state index contributed by atoms with van der Waals surface area (Å²) in [6, 6.07) is 4.55. The number of esters is 1. The summed E-state index contributed by atoms with van der Waals surface area (Å²) in [4.78, 5) is 25.8. The van der Waals surface area contributed by atoms with Crippen LogP contribution in [0.3, 0.4) is 0 Å². The van der Waals surface area contributed by atoms with Gasteiger partial charge in [-0.05, 0) is 31.9 Å². The van der Waals surface area contributed by atoms with Crippen molar-refractivity contribution in [1.82, 2.24) is 9.62 Å². The number of benzene rings is 1. The first-order valence-electron chi connectivity index (χ1n) is 9.65. The monoisotopic (exact) mass is 464 g/mol. The molecule has 162 valence electrons. The van der Waals surface area contributed by atoms with E-state index in [0.29, 0.717) is 6.54 Å². The van der Waals surface area contributed by atoms with Gasteiger partial charge >= 0.3 is 5.97 Å². The number of carbonyl (C=O) groups excluding carboxylic acids is 2. The molecule has 0 aliphatic heterocycles. The number of ether oxygens (including phenoxy) is 1. The molecule has 0 aromatic heterocycles. The van der Waals surface area contributed by atoms with Gasteiger partial charge in [0, 0.05) is 19.1 Å². The summed E-state index contributed by atoms with van der Waals surface area (Å²) in [6.07, 6.45) is 5.12. The lowest BCUT2D eigenvalue weighted by atomic mass is 9.94. The molecule has 0 saturated heterocycles. The van der Waals surface area contributed by atoms with Gasteiger partial charge in [-0.3, -0.25) is 9.59 Å². The molecule has 0 atom stereocenters. The largest absolute Gasteiger partial charge is 0.456 e. The van der Waals surface area contributed by atoms with E-state index in [9.17, 15) is 18.0 Å². The van der Waals surface area contributed by atoms with Gasteiger partial charge in [0.25, 0.3) is 5.91 Å². The highest BCUT2D eigenvalue weighted by molar-refractivity contribution is 7.89. The van der Waals surface area contributed by atoms with Crippen LogP contribution in [0.4, 0.5) is 0 Å². The van der Waals surface area contributed by atoms with Crippen LogP contribution in [0.25, 0.3) is 0 Å². The molecule has 1 aliphatic rings. The molecule has 0 heterocycles. The molecule has 29 heavy (non-hydrogen) atoms. The Morgan fingerprint density at radius 2 is 1.79 bits per heavy atom. The van der Waals surface area contributed by atoms with E-state index in [0.717, 1.165) is 25.7 Å². The van der Waals surface area contributed by atoms with E-state index in [-0.39, 0.29) is 46.5 Å². The summed E-state index contributed by atoms with van der Waals surface area (Å²) >= 11 is 11.8. The van der Waals surface area contributed by atoms with Crippen LogP contribution >= 0.6 is 23.2 Å². The van der Waals surface area contributed by atoms with Gasteiger partial charge in [0.15, 0.2) is 6.61 Å². The second-order valence-corrected chi connectivity index (χ2v) is 9.35. The highest BCUT2D eigenvalue weighted by Crippen LogP contribution is 2.28. The average molecular weight is 465 g/mol. The van der Waals surface area contributed by atoms with E-state index in [1.807, 2.05) is 6.92 Å². The maximum Gasteiger partial charge on any atom is 0.307 e. The number of sulfonamides is 1. The summed E-state index contributed by atoms with van der Waals surface area (Å²) in [5.74, 6) is -0.887. The summed E-state index contributed by atoms with van der Waals surface area (Å²) in [5.41, 5.74) is 0. The van der Waals surface area contributed by atoms with E-state index in [2.05, 4.69) is 4.72 Å². The topological polar surface area (TPSA) is 92.8 Å². The Labute approximate surface area is 181 Å². The van der Waals surface area contributed by atoms with Crippen LogP contribution < -0.4 is 4.72 Å². The second-order valence-electron chi connectivity index (χ2n) is 6.83. The Morgan fingerprint density at radius 1 is 1.17 bits per heavy atom. The van der Waals surface area contributed by atoms with Gasteiger partial charge in [0.05, 0.1) is 16.5 Å². The van der Waals surface area contributed by atoms with Gasteiger partial charge in [0.1, 0.15) is 4.90 Å². The number of hydrogen-bond donors (Lipinski definition) is 1. The van der Waals surface area contributed by atoms with Crippen molar-refractivity contribution in [2.24, 2.45) is 0 Å². The molecule has 1 fully saturated rings. The number of hydrogen-bond acceptors (Lipinski definition) is 5. The van der Waals surface area contributed by atoms with Crippen molar-refractivity contribution in [1.29, 1.82) is 0 Å². The van der Waals surface area contributed by atoms with Crippen LogP contribution in [0, 0.1) is 0 Å². The molecule has 0 bridgehead atoms. The minimum Gasteiger partial charge on any atom is -0.456 e. The molecule has 2 rings (SSSR count). The van der Waals surface area contributed by atoms with Crippen molar-refractivity contribution in [3.63, 3.8) is 0 Å². The fraction of sp³-hybridized carbons (Fsp3) is 0.579. The molecule has 0 radical (unpaired) electrons. The predicted molar refractivity (Wildman–Crippen MR) is 111 cm³/mol. The Hall–Kier alpha value is -1.35. The molecule has 1 aromatic rings. The summed E-state index contributed by atoms with van der Waals surface area (Å²) in [6.45, 7) is 1.94. The zero-order chi connectivity index (χ0) is 21.4. The van der Waals surface area contributed by atoms with E-state index < -0.39 is 16.0 Å². The summed E-state index contributed by atoms with van der Waals surface area (Å²) in [5, 5.41) is -0.0268. The highest BCUT2D eigenvalue weighted by Gasteiger charge is 2.25. The van der Waals surface area contributed by atoms with E-state index in [1.54, 1.807) is 4.90 Å². The van der Waals surface area contributed by atoms with E-state index >= 15 is 0 Å². The first-order valence-corrected chi connectivity index (χ1v) is 11.9. The van der Waals surface area contributed by atoms with Gasteiger partial charge in [-0.15, -0.1) is 0 Å². The van der Waals surface area contributed by atoms with Gasteiger partial charge < -0.3 is 9.64 Å². The van der Waals surface area contributed by atoms with Crippen molar-refractivity contribution in [2.45, 2.75) is 56.4 Å². The van der Waals surface area contributed by atoms with Crippen LogP contribution in [-0.4, -0.2) is 50.9 Å². The number of nitrogens with zero attached hydrogens (tertiary/aromatic N) is 1. The molecule has 1 aliphatic carbocycles. The molecule has 1 amide bonds. The van der Waals surface area contributed by atoms with Crippen molar-refractivity contribution >= 4 is 45.1 Å². The molecule has 0 spiro atoms. The predicted octanol–water partition coefficient (Wildman–Crippen LogP) is 3.39. The van der Waals surface area contributed by atoms with Crippen molar-refractivity contribution in [2.75, 3.05) is 19.7 Å². The first kappa shape index (κ1) is 23.9. The minimum atomic E-state index is -3.98. The van der Waals surface area contributed by atoms with Gasteiger partial charge in [-0.25, -0.2) is 13.1 Å². The van der Waals surface area contributed by atoms with Crippen molar-refractivity contribution in [3.8, 4) is 0 Å². The van der Waals surface area contributed by atoms with Crippen LogP contribution in [0.2, 0.25) is 10.0 Å². The van der Waals surface area contributed by atoms with E-state index in [4.69, 9.17) is 27.9 Å². The smallest absolute Gasteiger partial charge is 0.307 e. The molecule has 1 saturated carbocycles. The quantitative estimate of drug-likeness (QED) is 0.565. The fourth-order valence-corrected chi connectivity index (χ4v) is 5.60. The maximum absolute atomic E-state index is 12.4. The normalized spacial score (nSPS) is 15.1. The lowest BCUT2D eigenvalue weighted by Gasteiger charge is -2.33. The van der Waals surface area contributed by atoms with Crippen LogP contribution in [0.5, 0.6) is 0 Å². The lowest BCUT2D eigenvalue weighted by Crippen LogP contribution is -2.43. The molecule has 7 nitrogen and oxygen atoms in total. The molecular weight excluding hydrogens is 439 g/mol. The minimum absolute atomic E-state index is 0.0134. The number of nitrogens with one attached hydrogen (secondary N) is 1. The number of likely N-dealkylation sites (N-methyl/N-ethyl adjacent to an activating group) is 1. The summed E-state index contributed by atoms with van der Waals surface area (Å²) < 4.78 is 32.0. The SMILES string of the molecule is CCN(C(=O)COC(=O)CCNS(=O)(=O)c1c(Cl)cccc1Cl)C1CCCCC1. The van der Waals surface area contributed by atoms with Crippen LogP contribution in [0.1, 0.15) is 45.4 Å².